The minimum absolute atomic E-state index is 0.207. The van der Waals surface area contributed by atoms with Gasteiger partial charge in [0.2, 0.25) is 5.91 Å². The van der Waals surface area contributed by atoms with Crippen molar-refractivity contribution < 1.29 is 22.7 Å². The van der Waals surface area contributed by atoms with Crippen molar-refractivity contribution in [3.8, 4) is 5.75 Å². The van der Waals surface area contributed by atoms with E-state index in [0.717, 1.165) is 12.1 Å². The summed E-state index contributed by atoms with van der Waals surface area (Å²) in [5.41, 5.74) is 0.418. The molecule has 0 radical (unpaired) electrons. The maximum absolute atomic E-state index is 12.0. The van der Waals surface area contributed by atoms with E-state index in [4.69, 9.17) is 0 Å². The number of benzene rings is 1. The third-order valence-electron chi connectivity index (χ3n) is 2.65. The van der Waals surface area contributed by atoms with E-state index >= 15 is 0 Å². The van der Waals surface area contributed by atoms with Crippen LogP contribution in [0.4, 0.5) is 18.9 Å². The molecule has 0 aliphatic heterocycles. The van der Waals surface area contributed by atoms with Crippen LogP contribution in [0.1, 0.15) is 13.8 Å². The van der Waals surface area contributed by atoms with Crippen LogP contribution < -0.4 is 10.1 Å². The first kappa shape index (κ1) is 16.3. The number of rotatable bonds is 5. The number of hydrogen-bond donors (Lipinski definition) is 1. The van der Waals surface area contributed by atoms with Crippen LogP contribution in [0.25, 0.3) is 0 Å². The number of carbonyl (C=O) groups is 1. The number of hydrogen-bond acceptors (Lipinski definition) is 3. The van der Waals surface area contributed by atoms with Gasteiger partial charge in [-0.25, -0.2) is 0 Å². The van der Waals surface area contributed by atoms with Gasteiger partial charge < -0.3 is 10.1 Å². The van der Waals surface area contributed by atoms with Crippen molar-refractivity contribution in [1.29, 1.82) is 0 Å². The van der Waals surface area contributed by atoms with Gasteiger partial charge in [-0.15, -0.1) is 13.2 Å². The molecule has 1 rings (SSSR count). The topological polar surface area (TPSA) is 41.6 Å². The third-order valence-corrected chi connectivity index (χ3v) is 2.65. The van der Waals surface area contributed by atoms with Gasteiger partial charge in [0.25, 0.3) is 0 Å². The van der Waals surface area contributed by atoms with Crippen molar-refractivity contribution in [2.75, 3.05) is 18.9 Å². The Bertz CT molecular complexity index is 444. The van der Waals surface area contributed by atoms with Gasteiger partial charge in [0, 0.05) is 11.7 Å². The van der Waals surface area contributed by atoms with Gasteiger partial charge in [-0.1, -0.05) is 0 Å². The first-order valence-electron chi connectivity index (χ1n) is 6.03. The fraction of sp³-hybridized carbons (Fsp3) is 0.462. The highest BCUT2D eigenvalue weighted by atomic mass is 19.4. The van der Waals surface area contributed by atoms with Crippen LogP contribution in [0.15, 0.2) is 24.3 Å². The summed E-state index contributed by atoms with van der Waals surface area (Å²) < 4.78 is 39.7. The number of nitrogens with one attached hydrogen (secondary N) is 1. The van der Waals surface area contributed by atoms with E-state index < -0.39 is 6.36 Å². The molecule has 0 spiro atoms. The second kappa shape index (κ2) is 6.60. The number of ether oxygens (including phenoxy) is 1. The molecular weight excluding hydrogens is 273 g/mol. The van der Waals surface area contributed by atoms with Gasteiger partial charge in [0.05, 0.1) is 6.54 Å². The molecule has 1 aromatic carbocycles. The number of nitrogens with zero attached hydrogens (tertiary/aromatic N) is 1. The molecule has 0 aromatic heterocycles. The molecule has 0 saturated heterocycles. The van der Waals surface area contributed by atoms with Crippen LogP contribution in [0.3, 0.4) is 0 Å². The highest BCUT2D eigenvalue weighted by molar-refractivity contribution is 5.92. The summed E-state index contributed by atoms with van der Waals surface area (Å²) in [7, 11) is 1.81. The zero-order valence-corrected chi connectivity index (χ0v) is 11.5. The van der Waals surface area contributed by atoms with Gasteiger partial charge in [-0.2, -0.15) is 0 Å². The van der Waals surface area contributed by atoms with Crippen molar-refractivity contribution >= 4 is 11.6 Å². The standard InChI is InChI=1S/C13H17F3N2O2/c1-9(2)18(3)8-12(19)17-10-4-6-11(7-5-10)20-13(14,15)16/h4-7,9H,8H2,1-3H3,(H,17,19). The molecule has 0 aliphatic rings. The van der Waals surface area contributed by atoms with Crippen molar-refractivity contribution in [1.82, 2.24) is 4.90 Å². The van der Waals surface area contributed by atoms with Gasteiger partial charge >= 0.3 is 6.36 Å². The molecule has 0 fully saturated rings. The largest absolute Gasteiger partial charge is 0.573 e. The van der Waals surface area contributed by atoms with Crippen molar-refractivity contribution in [2.45, 2.75) is 26.3 Å². The van der Waals surface area contributed by atoms with Crippen LogP contribution in [0, 0.1) is 0 Å². The summed E-state index contributed by atoms with van der Waals surface area (Å²) in [6.45, 7) is 4.12. The van der Waals surface area contributed by atoms with E-state index in [9.17, 15) is 18.0 Å². The fourth-order valence-electron chi connectivity index (χ4n) is 1.35. The lowest BCUT2D eigenvalue weighted by Crippen LogP contribution is -2.34. The molecule has 0 atom stereocenters. The van der Waals surface area contributed by atoms with Crippen molar-refractivity contribution in [3.63, 3.8) is 0 Å². The number of anilines is 1. The lowest BCUT2D eigenvalue weighted by molar-refractivity contribution is -0.274. The number of alkyl halides is 3. The Balaban J connectivity index is 2.55. The van der Waals surface area contributed by atoms with Gasteiger partial charge in [-0.05, 0) is 45.2 Å². The van der Waals surface area contributed by atoms with Gasteiger partial charge in [0.1, 0.15) is 5.75 Å². The van der Waals surface area contributed by atoms with Gasteiger partial charge in [-0.3, -0.25) is 9.69 Å². The molecule has 1 amide bonds. The summed E-state index contributed by atoms with van der Waals surface area (Å²) in [5.74, 6) is -0.555. The molecule has 20 heavy (non-hydrogen) atoms. The second-order valence-corrected chi connectivity index (χ2v) is 4.63. The normalized spacial score (nSPS) is 11.8. The molecular formula is C13H17F3N2O2. The zero-order valence-electron chi connectivity index (χ0n) is 11.5. The molecule has 4 nitrogen and oxygen atoms in total. The van der Waals surface area contributed by atoms with Crippen LogP contribution in [0.5, 0.6) is 5.75 Å². The van der Waals surface area contributed by atoms with E-state index in [1.807, 2.05) is 25.8 Å². The Morgan fingerprint density at radius 3 is 2.30 bits per heavy atom. The summed E-state index contributed by atoms with van der Waals surface area (Å²) in [6, 6.07) is 5.23. The third kappa shape index (κ3) is 5.92. The van der Waals surface area contributed by atoms with E-state index in [-0.39, 0.29) is 24.2 Å². The predicted molar refractivity (Wildman–Crippen MR) is 69.5 cm³/mol. The van der Waals surface area contributed by atoms with Crippen LogP contribution >= 0.6 is 0 Å². The molecule has 0 saturated carbocycles. The maximum atomic E-state index is 12.0. The predicted octanol–water partition coefficient (Wildman–Crippen LogP) is 2.86. The van der Waals surface area contributed by atoms with Crippen molar-refractivity contribution in [3.05, 3.63) is 24.3 Å². The monoisotopic (exact) mass is 290 g/mol. The highest BCUT2D eigenvalue weighted by Crippen LogP contribution is 2.23. The molecule has 1 N–H and O–H groups in total. The molecule has 0 heterocycles. The minimum Gasteiger partial charge on any atom is -0.406 e. The number of amides is 1. The Morgan fingerprint density at radius 2 is 1.85 bits per heavy atom. The summed E-state index contributed by atoms with van der Waals surface area (Å²) in [5, 5.41) is 2.60. The Kier molecular flexibility index (Phi) is 5.38. The maximum Gasteiger partial charge on any atom is 0.573 e. The summed E-state index contributed by atoms with van der Waals surface area (Å²) >= 11 is 0. The highest BCUT2D eigenvalue weighted by Gasteiger charge is 2.30. The average Bonchev–Trinajstić information content (AvgIpc) is 2.29. The lowest BCUT2D eigenvalue weighted by Gasteiger charge is -2.20. The molecule has 1 aromatic rings. The Morgan fingerprint density at radius 1 is 1.30 bits per heavy atom. The number of likely N-dealkylation sites (N-methyl/N-ethyl adjacent to an activating group) is 1. The van der Waals surface area contributed by atoms with Gasteiger partial charge in [0.15, 0.2) is 0 Å². The number of halogens is 3. The molecule has 7 heteroatoms. The first-order valence-corrected chi connectivity index (χ1v) is 6.03. The SMILES string of the molecule is CC(C)N(C)CC(=O)Nc1ccc(OC(F)(F)F)cc1. The van der Waals surface area contributed by atoms with E-state index in [2.05, 4.69) is 10.1 Å². The second-order valence-electron chi connectivity index (χ2n) is 4.63. The Hall–Kier alpha value is -1.76. The molecule has 0 bridgehead atoms. The van der Waals surface area contributed by atoms with E-state index in [0.29, 0.717) is 5.69 Å². The van der Waals surface area contributed by atoms with E-state index in [1.54, 1.807) is 0 Å². The quantitative estimate of drug-likeness (QED) is 0.906. The smallest absolute Gasteiger partial charge is 0.406 e. The van der Waals surface area contributed by atoms with Crippen LogP contribution in [-0.2, 0) is 4.79 Å². The van der Waals surface area contributed by atoms with Crippen LogP contribution in [-0.4, -0.2) is 36.8 Å². The molecule has 0 aliphatic carbocycles. The molecule has 0 unspecified atom stereocenters. The Labute approximate surface area is 115 Å². The van der Waals surface area contributed by atoms with Crippen LogP contribution in [0.2, 0.25) is 0 Å². The summed E-state index contributed by atoms with van der Waals surface area (Å²) in [6.07, 6.45) is -4.72. The lowest BCUT2D eigenvalue weighted by atomic mass is 10.3. The summed E-state index contributed by atoms with van der Waals surface area (Å²) in [4.78, 5) is 13.5. The average molecular weight is 290 g/mol. The van der Waals surface area contributed by atoms with E-state index in [1.165, 1.54) is 12.1 Å². The minimum atomic E-state index is -4.72. The van der Waals surface area contributed by atoms with Crippen molar-refractivity contribution in [2.24, 2.45) is 0 Å². The zero-order chi connectivity index (χ0) is 15.3. The fourth-order valence-corrected chi connectivity index (χ4v) is 1.35. The first-order chi connectivity index (χ1) is 9.17. The number of carbonyl (C=O) groups excluding carboxylic acids is 1. The molecule has 112 valence electrons.